The Balaban J connectivity index is 1.36. The third-order valence-electron chi connectivity index (χ3n) is 5.96. The number of aromatic nitrogens is 1. The maximum atomic E-state index is 13.1. The van der Waals surface area contributed by atoms with E-state index in [-0.39, 0.29) is 31.2 Å². The van der Waals surface area contributed by atoms with Crippen LogP contribution in [0.15, 0.2) is 53.1 Å². The van der Waals surface area contributed by atoms with Crippen LogP contribution in [0.2, 0.25) is 5.02 Å². The van der Waals surface area contributed by atoms with E-state index in [9.17, 15) is 9.59 Å². The number of nitrogens with zero attached hydrogens (tertiary/aromatic N) is 2. The third kappa shape index (κ3) is 6.33. The lowest BCUT2D eigenvalue weighted by Crippen LogP contribution is -2.32. The average Bonchev–Trinajstić information content (AvgIpc) is 3.52. The Morgan fingerprint density at radius 2 is 2.06 bits per heavy atom. The van der Waals surface area contributed by atoms with Crippen LogP contribution in [0.1, 0.15) is 47.9 Å². The lowest BCUT2D eigenvalue weighted by Gasteiger charge is -2.23. The fourth-order valence-corrected chi connectivity index (χ4v) is 4.44. The second-order valence-corrected chi connectivity index (χ2v) is 8.85. The Kier molecular flexibility index (Phi) is 7.92. The van der Waals surface area contributed by atoms with Crippen molar-refractivity contribution in [1.82, 2.24) is 10.1 Å². The zero-order chi connectivity index (χ0) is 24.8. The molecule has 1 N–H and O–H groups in total. The van der Waals surface area contributed by atoms with E-state index in [0.29, 0.717) is 35.4 Å². The normalized spacial score (nSPS) is 15.3. The predicted octanol–water partition coefficient (Wildman–Crippen LogP) is 4.84. The summed E-state index contributed by atoms with van der Waals surface area (Å²) < 4.78 is 16.4. The number of rotatable bonds is 10. The lowest BCUT2D eigenvalue weighted by molar-refractivity contribution is -0.137. The Hall–Kier alpha value is -3.52. The van der Waals surface area contributed by atoms with Gasteiger partial charge in [-0.15, -0.1) is 0 Å². The summed E-state index contributed by atoms with van der Waals surface area (Å²) in [4.78, 5) is 25.7. The molecule has 35 heavy (non-hydrogen) atoms. The van der Waals surface area contributed by atoms with E-state index in [1.807, 2.05) is 30.3 Å². The van der Waals surface area contributed by atoms with Crippen LogP contribution >= 0.6 is 11.6 Å². The molecule has 3 aromatic rings. The number of hydrogen-bond donors (Lipinski definition) is 1. The molecule has 1 atom stereocenters. The van der Waals surface area contributed by atoms with Crippen LogP contribution in [0.5, 0.6) is 11.5 Å². The molecule has 1 aromatic heterocycles. The summed E-state index contributed by atoms with van der Waals surface area (Å²) in [5.41, 5.74) is 2.41. The van der Waals surface area contributed by atoms with Gasteiger partial charge in [0.05, 0.1) is 31.0 Å². The number of carbonyl (C=O) groups excluding carboxylic acids is 1. The summed E-state index contributed by atoms with van der Waals surface area (Å²) >= 11 is 6.44. The molecule has 1 aliphatic heterocycles. The van der Waals surface area contributed by atoms with Crippen LogP contribution < -0.4 is 9.47 Å². The van der Waals surface area contributed by atoms with Gasteiger partial charge in [0.1, 0.15) is 29.6 Å². The Bertz CT molecular complexity index is 1190. The summed E-state index contributed by atoms with van der Waals surface area (Å²) in [6.45, 7) is 0.979. The van der Waals surface area contributed by atoms with E-state index in [1.54, 1.807) is 30.2 Å². The summed E-state index contributed by atoms with van der Waals surface area (Å²) in [7, 11) is 1.62. The molecule has 2 heterocycles. The summed E-state index contributed by atoms with van der Waals surface area (Å²) in [5.74, 6) is 0.896. The fraction of sp³-hybridized carbons (Fsp3) is 0.346. The van der Waals surface area contributed by atoms with Crippen molar-refractivity contribution in [2.45, 2.75) is 44.8 Å². The van der Waals surface area contributed by atoms with Gasteiger partial charge in [0, 0.05) is 19.0 Å². The van der Waals surface area contributed by atoms with Gasteiger partial charge in [0.25, 0.3) is 0 Å². The van der Waals surface area contributed by atoms with Gasteiger partial charge in [-0.1, -0.05) is 35.0 Å². The smallest absolute Gasteiger partial charge is 0.303 e. The SMILES string of the molecule is COc1cccc(COc2ccc(CC(=O)N3CCCC3c3cc(CCC(=O)O)on3)cc2Cl)c1. The van der Waals surface area contributed by atoms with Crippen molar-refractivity contribution in [3.05, 3.63) is 76.1 Å². The molecule has 1 saturated heterocycles. The first-order chi connectivity index (χ1) is 16.9. The van der Waals surface area contributed by atoms with E-state index < -0.39 is 5.97 Å². The van der Waals surface area contributed by atoms with Crippen molar-refractivity contribution in [3.63, 3.8) is 0 Å². The van der Waals surface area contributed by atoms with Gasteiger partial charge in [0.2, 0.25) is 5.91 Å². The summed E-state index contributed by atoms with van der Waals surface area (Å²) in [6.07, 6.45) is 2.10. The number of carboxylic acids is 1. The minimum absolute atomic E-state index is 0.0244. The number of carboxylic acid groups (broad SMARTS) is 1. The number of aliphatic carboxylic acids is 1. The zero-order valence-corrected chi connectivity index (χ0v) is 20.2. The quantitative estimate of drug-likeness (QED) is 0.426. The van der Waals surface area contributed by atoms with E-state index in [0.717, 1.165) is 29.7 Å². The molecule has 1 unspecified atom stereocenters. The van der Waals surface area contributed by atoms with Crippen molar-refractivity contribution in [1.29, 1.82) is 0 Å². The first kappa shape index (κ1) is 24.6. The molecule has 0 aliphatic carbocycles. The number of halogens is 1. The Morgan fingerprint density at radius 1 is 1.20 bits per heavy atom. The highest BCUT2D eigenvalue weighted by atomic mass is 35.5. The molecule has 184 valence electrons. The first-order valence-corrected chi connectivity index (χ1v) is 11.8. The lowest BCUT2D eigenvalue weighted by atomic mass is 10.1. The van der Waals surface area contributed by atoms with Gasteiger partial charge < -0.3 is 24.0 Å². The van der Waals surface area contributed by atoms with Crippen molar-refractivity contribution < 1.29 is 28.7 Å². The molecule has 1 aliphatic rings. The van der Waals surface area contributed by atoms with Gasteiger partial charge in [0.15, 0.2) is 0 Å². The minimum atomic E-state index is -0.893. The van der Waals surface area contributed by atoms with E-state index >= 15 is 0 Å². The molecular weight excluding hydrogens is 472 g/mol. The molecule has 2 aromatic carbocycles. The van der Waals surface area contributed by atoms with Gasteiger partial charge in [-0.05, 0) is 48.2 Å². The topological polar surface area (TPSA) is 102 Å². The average molecular weight is 499 g/mol. The van der Waals surface area contributed by atoms with Crippen LogP contribution in [0.3, 0.4) is 0 Å². The number of likely N-dealkylation sites (tertiary alicyclic amines) is 1. The maximum Gasteiger partial charge on any atom is 0.303 e. The number of aryl methyl sites for hydroxylation is 1. The van der Waals surface area contributed by atoms with Crippen LogP contribution in [0.25, 0.3) is 0 Å². The Labute approximate surface area is 208 Å². The van der Waals surface area contributed by atoms with Crippen molar-refractivity contribution in [3.8, 4) is 11.5 Å². The molecule has 0 saturated carbocycles. The first-order valence-electron chi connectivity index (χ1n) is 11.4. The van der Waals surface area contributed by atoms with Crippen molar-refractivity contribution in [2.75, 3.05) is 13.7 Å². The van der Waals surface area contributed by atoms with Crippen molar-refractivity contribution in [2.24, 2.45) is 0 Å². The highest BCUT2D eigenvalue weighted by Crippen LogP contribution is 2.33. The standard InChI is InChI=1S/C26H27ClN2O6/c1-33-19-5-2-4-18(12-19)16-34-24-9-7-17(13-21(24)27)14-25(30)29-11-3-6-23(29)22-15-20(35-28-22)8-10-26(31)32/h2,4-5,7,9,12-13,15,23H,3,6,8,10-11,14,16H2,1H3,(H,31,32). The molecule has 1 fully saturated rings. The number of ether oxygens (including phenoxy) is 2. The second kappa shape index (κ2) is 11.3. The molecule has 0 spiro atoms. The van der Waals surface area contributed by atoms with Crippen molar-refractivity contribution >= 4 is 23.5 Å². The van der Waals surface area contributed by atoms with E-state index in [4.69, 9.17) is 30.7 Å². The maximum absolute atomic E-state index is 13.1. The molecule has 1 amide bonds. The monoisotopic (exact) mass is 498 g/mol. The fourth-order valence-electron chi connectivity index (χ4n) is 4.18. The molecule has 0 radical (unpaired) electrons. The van der Waals surface area contributed by atoms with Gasteiger partial charge >= 0.3 is 5.97 Å². The number of methoxy groups -OCH3 is 1. The predicted molar refractivity (Wildman–Crippen MR) is 129 cm³/mol. The number of hydrogen-bond acceptors (Lipinski definition) is 6. The molecular formula is C26H27ClN2O6. The summed E-state index contributed by atoms with van der Waals surface area (Å²) in [6, 6.07) is 14.6. The minimum Gasteiger partial charge on any atom is -0.497 e. The molecule has 8 nitrogen and oxygen atoms in total. The van der Waals surface area contributed by atoms with Crippen LogP contribution in [-0.4, -0.2) is 40.7 Å². The van der Waals surface area contributed by atoms with Gasteiger partial charge in [-0.25, -0.2) is 0 Å². The highest BCUT2D eigenvalue weighted by Gasteiger charge is 2.32. The van der Waals surface area contributed by atoms with E-state index in [1.165, 1.54) is 0 Å². The highest BCUT2D eigenvalue weighted by molar-refractivity contribution is 6.32. The summed E-state index contributed by atoms with van der Waals surface area (Å²) in [5, 5.41) is 13.4. The molecule has 9 heteroatoms. The van der Waals surface area contributed by atoms with Crippen LogP contribution in [0.4, 0.5) is 0 Å². The van der Waals surface area contributed by atoms with Crippen LogP contribution in [-0.2, 0) is 29.0 Å². The number of benzene rings is 2. The van der Waals surface area contributed by atoms with Gasteiger partial charge in [-0.3, -0.25) is 9.59 Å². The number of amides is 1. The number of carbonyl (C=O) groups is 2. The molecule has 0 bridgehead atoms. The van der Waals surface area contributed by atoms with Crippen LogP contribution in [0, 0.1) is 0 Å². The zero-order valence-electron chi connectivity index (χ0n) is 19.4. The Morgan fingerprint density at radius 3 is 2.83 bits per heavy atom. The third-order valence-corrected chi connectivity index (χ3v) is 6.25. The molecule has 4 rings (SSSR count). The van der Waals surface area contributed by atoms with Gasteiger partial charge in [-0.2, -0.15) is 0 Å². The second-order valence-electron chi connectivity index (χ2n) is 8.44. The largest absolute Gasteiger partial charge is 0.497 e. The van der Waals surface area contributed by atoms with E-state index in [2.05, 4.69) is 5.16 Å².